The largest absolute Gasteiger partial charge is 0.480 e. The second-order valence-corrected chi connectivity index (χ2v) is 3.77. The predicted molar refractivity (Wildman–Crippen MR) is 68.1 cm³/mol. The third-order valence-corrected chi connectivity index (χ3v) is 2.29. The van der Waals surface area contributed by atoms with Crippen LogP contribution in [0.1, 0.15) is 24.2 Å². The maximum Gasteiger partial charge on any atom is 0.260 e. The summed E-state index contributed by atoms with van der Waals surface area (Å²) >= 11 is 0. The molecule has 0 spiro atoms. The minimum absolute atomic E-state index is 0.158. The average molecular weight is 251 g/mol. The third-order valence-electron chi connectivity index (χ3n) is 2.29. The molecule has 6 nitrogen and oxygen atoms in total. The molecule has 0 aliphatic carbocycles. The molecule has 1 atom stereocenters. The Morgan fingerprint density at radius 2 is 2.11 bits per heavy atom. The van der Waals surface area contributed by atoms with E-state index in [9.17, 15) is 9.59 Å². The third kappa shape index (κ3) is 3.38. The van der Waals surface area contributed by atoms with Crippen molar-refractivity contribution in [1.82, 2.24) is 5.32 Å². The van der Waals surface area contributed by atoms with Gasteiger partial charge in [-0.1, -0.05) is 0 Å². The smallest absolute Gasteiger partial charge is 0.260 e. The summed E-state index contributed by atoms with van der Waals surface area (Å²) in [5.41, 5.74) is 11.3. The van der Waals surface area contributed by atoms with E-state index in [0.29, 0.717) is 12.2 Å². The number of nitrogens with two attached hydrogens (primary N) is 2. The van der Waals surface area contributed by atoms with Gasteiger partial charge in [-0.25, -0.2) is 0 Å². The molecule has 0 aliphatic rings. The van der Waals surface area contributed by atoms with Crippen LogP contribution in [0.4, 0.5) is 5.69 Å². The number of nitrogens with one attached hydrogen (secondary N) is 1. The zero-order valence-corrected chi connectivity index (χ0v) is 10.4. The highest BCUT2D eigenvalue weighted by Gasteiger charge is 2.17. The van der Waals surface area contributed by atoms with Crippen LogP contribution in [0.3, 0.4) is 0 Å². The first-order valence-corrected chi connectivity index (χ1v) is 5.59. The molecule has 98 valence electrons. The van der Waals surface area contributed by atoms with Gasteiger partial charge in [-0.2, -0.15) is 0 Å². The van der Waals surface area contributed by atoms with Gasteiger partial charge < -0.3 is 21.5 Å². The summed E-state index contributed by atoms with van der Waals surface area (Å²) in [6.45, 7) is 3.91. The van der Waals surface area contributed by atoms with Gasteiger partial charge in [0.25, 0.3) is 11.8 Å². The molecule has 0 radical (unpaired) electrons. The average Bonchev–Trinajstić information content (AvgIpc) is 2.31. The molecule has 0 heterocycles. The van der Waals surface area contributed by atoms with Gasteiger partial charge in [0, 0.05) is 12.2 Å². The van der Waals surface area contributed by atoms with E-state index in [-0.39, 0.29) is 17.2 Å². The summed E-state index contributed by atoms with van der Waals surface area (Å²) in [6, 6.07) is 4.51. The molecule has 0 fully saturated rings. The zero-order valence-electron chi connectivity index (χ0n) is 10.4. The molecule has 0 bridgehead atoms. The number of rotatable bonds is 5. The Hall–Kier alpha value is -2.24. The van der Waals surface area contributed by atoms with Crippen LogP contribution in [0.25, 0.3) is 0 Å². The molecule has 0 aliphatic heterocycles. The van der Waals surface area contributed by atoms with Crippen molar-refractivity contribution in [3.8, 4) is 5.75 Å². The van der Waals surface area contributed by atoms with Gasteiger partial charge in [0.1, 0.15) is 5.75 Å². The molecule has 6 heteroatoms. The standard InChI is InChI=1S/C12H17N3O3/c1-3-15-12(17)7(2)18-10-5-4-8(13)6-9(10)11(14)16/h4-7H,3,13H2,1-2H3,(H2,14,16)(H,15,17). The fraction of sp³-hybridized carbons (Fsp3) is 0.333. The van der Waals surface area contributed by atoms with Gasteiger partial charge in [0.2, 0.25) is 0 Å². The first kappa shape index (κ1) is 13.8. The molecular weight excluding hydrogens is 234 g/mol. The molecule has 0 aromatic heterocycles. The monoisotopic (exact) mass is 251 g/mol. The number of amides is 2. The molecule has 2 amide bonds. The molecule has 1 aromatic rings. The van der Waals surface area contributed by atoms with E-state index in [1.807, 2.05) is 6.92 Å². The molecule has 1 unspecified atom stereocenters. The van der Waals surface area contributed by atoms with Crippen LogP contribution in [0, 0.1) is 0 Å². The minimum Gasteiger partial charge on any atom is -0.480 e. The van der Waals surface area contributed by atoms with Gasteiger partial charge in [-0.15, -0.1) is 0 Å². The van der Waals surface area contributed by atoms with Gasteiger partial charge >= 0.3 is 0 Å². The number of carbonyl (C=O) groups excluding carboxylic acids is 2. The summed E-state index contributed by atoms with van der Waals surface area (Å²) in [5.74, 6) is -0.666. The minimum atomic E-state index is -0.716. The van der Waals surface area contributed by atoms with E-state index in [4.69, 9.17) is 16.2 Å². The number of primary amides is 1. The van der Waals surface area contributed by atoms with E-state index in [1.54, 1.807) is 13.0 Å². The summed E-state index contributed by atoms with van der Waals surface area (Å²) in [6.07, 6.45) is -0.716. The van der Waals surface area contributed by atoms with Crippen molar-refractivity contribution in [1.29, 1.82) is 0 Å². The maximum atomic E-state index is 11.5. The van der Waals surface area contributed by atoms with Gasteiger partial charge in [0.15, 0.2) is 6.10 Å². The van der Waals surface area contributed by atoms with Crippen LogP contribution < -0.4 is 21.5 Å². The lowest BCUT2D eigenvalue weighted by atomic mass is 10.1. The molecule has 18 heavy (non-hydrogen) atoms. The fourth-order valence-electron chi connectivity index (χ4n) is 1.40. The van der Waals surface area contributed by atoms with Crippen molar-refractivity contribution in [3.63, 3.8) is 0 Å². The quantitative estimate of drug-likeness (QED) is 0.653. The summed E-state index contributed by atoms with van der Waals surface area (Å²) in [7, 11) is 0. The number of benzene rings is 1. The van der Waals surface area contributed by atoms with Crippen LogP contribution in [0.5, 0.6) is 5.75 Å². The Morgan fingerprint density at radius 1 is 1.44 bits per heavy atom. The van der Waals surface area contributed by atoms with Crippen molar-refractivity contribution in [3.05, 3.63) is 23.8 Å². The van der Waals surface area contributed by atoms with Gasteiger partial charge in [-0.3, -0.25) is 9.59 Å². The SMILES string of the molecule is CCNC(=O)C(C)Oc1ccc(N)cc1C(N)=O. The van der Waals surface area contributed by atoms with Crippen LogP contribution in [0.15, 0.2) is 18.2 Å². The molecule has 1 aromatic carbocycles. The first-order chi connectivity index (χ1) is 8.45. The zero-order chi connectivity index (χ0) is 13.7. The number of likely N-dealkylation sites (N-methyl/N-ethyl adjacent to an activating group) is 1. The van der Waals surface area contributed by atoms with Crippen molar-refractivity contribution >= 4 is 17.5 Å². The highest BCUT2D eigenvalue weighted by Crippen LogP contribution is 2.22. The Balaban J connectivity index is 2.90. The van der Waals surface area contributed by atoms with Crippen molar-refractivity contribution in [2.45, 2.75) is 20.0 Å². The van der Waals surface area contributed by atoms with E-state index in [0.717, 1.165) is 0 Å². The summed E-state index contributed by atoms with van der Waals surface area (Å²) in [5, 5.41) is 2.62. The lowest BCUT2D eigenvalue weighted by molar-refractivity contribution is -0.127. The Morgan fingerprint density at radius 3 is 2.67 bits per heavy atom. The number of anilines is 1. The summed E-state index contributed by atoms with van der Waals surface area (Å²) in [4.78, 5) is 22.8. The van der Waals surface area contributed by atoms with Gasteiger partial charge in [-0.05, 0) is 32.0 Å². The fourth-order valence-corrected chi connectivity index (χ4v) is 1.40. The van der Waals surface area contributed by atoms with Gasteiger partial charge in [0.05, 0.1) is 5.56 Å². The predicted octanol–water partition coefficient (Wildman–Crippen LogP) is 0.271. The van der Waals surface area contributed by atoms with Crippen molar-refractivity contribution in [2.24, 2.45) is 5.73 Å². The number of ether oxygens (including phenoxy) is 1. The van der Waals surface area contributed by atoms with Crippen LogP contribution >= 0.6 is 0 Å². The van der Waals surface area contributed by atoms with Crippen LogP contribution in [-0.2, 0) is 4.79 Å². The lowest BCUT2D eigenvalue weighted by Gasteiger charge is -2.16. The number of hydrogen-bond donors (Lipinski definition) is 3. The highest BCUT2D eigenvalue weighted by atomic mass is 16.5. The Labute approximate surface area is 105 Å². The number of nitrogen functional groups attached to an aromatic ring is 1. The van der Waals surface area contributed by atoms with Crippen molar-refractivity contribution in [2.75, 3.05) is 12.3 Å². The second-order valence-electron chi connectivity index (χ2n) is 3.77. The van der Waals surface area contributed by atoms with E-state index in [1.165, 1.54) is 12.1 Å². The Bertz CT molecular complexity index is 460. The highest BCUT2D eigenvalue weighted by molar-refractivity contribution is 5.96. The van der Waals surface area contributed by atoms with E-state index < -0.39 is 12.0 Å². The van der Waals surface area contributed by atoms with Crippen LogP contribution in [0.2, 0.25) is 0 Å². The first-order valence-electron chi connectivity index (χ1n) is 5.59. The number of carbonyl (C=O) groups is 2. The molecule has 0 saturated carbocycles. The number of hydrogen-bond acceptors (Lipinski definition) is 4. The maximum absolute atomic E-state index is 11.5. The normalized spacial score (nSPS) is 11.7. The molecular formula is C12H17N3O3. The summed E-state index contributed by atoms with van der Waals surface area (Å²) < 4.78 is 5.41. The Kier molecular flexibility index (Phi) is 4.53. The van der Waals surface area contributed by atoms with E-state index in [2.05, 4.69) is 5.32 Å². The lowest BCUT2D eigenvalue weighted by Crippen LogP contribution is -2.36. The van der Waals surface area contributed by atoms with Crippen molar-refractivity contribution < 1.29 is 14.3 Å². The molecule has 1 rings (SSSR count). The second kappa shape index (κ2) is 5.90. The molecule has 0 saturated heterocycles. The van der Waals surface area contributed by atoms with E-state index >= 15 is 0 Å². The molecule has 5 N–H and O–H groups in total. The topological polar surface area (TPSA) is 107 Å². The van der Waals surface area contributed by atoms with Crippen LogP contribution in [-0.4, -0.2) is 24.5 Å².